The van der Waals surface area contributed by atoms with Crippen molar-refractivity contribution in [2.24, 2.45) is 5.73 Å². The van der Waals surface area contributed by atoms with Crippen LogP contribution in [0.2, 0.25) is 0 Å². The van der Waals surface area contributed by atoms with Crippen molar-refractivity contribution in [3.05, 3.63) is 0 Å². The molecule has 0 radical (unpaired) electrons. The van der Waals surface area contributed by atoms with Crippen molar-refractivity contribution in [2.75, 3.05) is 19.8 Å². The first-order valence-corrected chi connectivity index (χ1v) is 4.67. The highest BCUT2D eigenvalue weighted by Gasteiger charge is 2.05. The van der Waals surface area contributed by atoms with Crippen LogP contribution in [0, 0.1) is 0 Å². The zero-order valence-corrected chi connectivity index (χ0v) is 8.73. The minimum absolute atomic E-state index is 0. The van der Waals surface area contributed by atoms with Crippen LogP contribution in [0.1, 0.15) is 27.7 Å². The molecule has 5 nitrogen and oxygen atoms in total. The molecule has 0 rings (SSSR count). The largest absolute Gasteiger partial charge is 0.463 e. The molecule has 0 aliphatic carbocycles. The molecule has 0 fully saturated rings. The first-order valence-electron chi connectivity index (χ1n) is 4.67. The Bertz CT molecular complexity index is 164. The Balaban J connectivity index is 0. The third kappa shape index (κ3) is 11.3. The summed E-state index contributed by atoms with van der Waals surface area (Å²) in [4.78, 5) is 10.5. The van der Waals surface area contributed by atoms with E-state index in [2.05, 4.69) is 0 Å². The van der Waals surface area contributed by atoms with Gasteiger partial charge in [0, 0.05) is 13.3 Å². The van der Waals surface area contributed by atoms with E-state index in [-0.39, 0.29) is 32.1 Å². The summed E-state index contributed by atoms with van der Waals surface area (Å²) in [5.41, 5.74) is 5.41. The lowest BCUT2D eigenvalue weighted by molar-refractivity contribution is -0.146. The van der Waals surface area contributed by atoms with Gasteiger partial charge in [0.15, 0.2) is 0 Å². The van der Waals surface area contributed by atoms with Crippen molar-refractivity contribution in [2.45, 2.75) is 39.8 Å². The predicted octanol–water partition coefficient (Wildman–Crippen LogP) is 0.300. The maximum atomic E-state index is 10.5. The molecule has 0 aliphatic heterocycles. The van der Waals surface area contributed by atoms with Crippen LogP contribution in [-0.2, 0) is 14.3 Å². The van der Waals surface area contributed by atoms with Gasteiger partial charge in [-0.2, -0.15) is 0 Å². The molecule has 0 amide bonds. The fourth-order valence-corrected chi connectivity index (χ4v) is 0.879. The Morgan fingerprint density at radius 3 is 2.60 bits per heavy atom. The van der Waals surface area contributed by atoms with Crippen LogP contribution in [0.25, 0.3) is 0 Å². The molecule has 0 aromatic heterocycles. The number of aliphatic hydroxyl groups excluding tert-OH is 1. The van der Waals surface area contributed by atoms with Crippen LogP contribution in [0.3, 0.4) is 0 Å². The Labute approximate surface area is 91.6 Å². The third-order valence-electron chi connectivity index (χ3n) is 1.60. The molecule has 0 aromatic rings. The summed E-state index contributed by atoms with van der Waals surface area (Å²) in [6.07, 6.45) is 0.496. The molecule has 0 bridgehead atoms. The van der Waals surface area contributed by atoms with Crippen LogP contribution < -0.4 is 5.73 Å². The minimum atomic E-state index is -0.334. The Hall–Kier alpha value is -0.650. The van der Waals surface area contributed by atoms with Gasteiger partial charge in [0.2, 0.25) is 0 Å². The van der Waals surface area contributed by atoms with E-state index in [9.17, 15) is 4.79 Å². The number of rotatable bonds is 7. The molecule has 0 saturated heterocycles. The second kappa shape index (κ2) is 9.89. The first kappa shape index (κ1) is 16.8. The van der Waals surface area contributed by atoms with E-state index in [1.807, 2.05) is 0 Å². The van der Waals surface area contributed by atoms with Gasteiger partial charge in [-0.3, -0.25) is 4.79 Å². The van der Waals surface area contributed by atoms with E-state index < -0.39 is 0 Å². The van der Waals surface area contributed by atoms with Gasteiger partial charge in [-0.25, -0.2) is 0 Å². The van der Waals surface area contributed by atoms with Gasteiger partial charge in [-0.1, -0.05) is 7.43 Å². The SMILES string of the molecule is C.CC(=O)OC(C)CCOCC(N)CO. The lowest BCUT2D eigenvalue weighted by Crippen LogP contribution is -2.30. The fraction of sp³-hybridized carbons (Fsp3) is 0.900. The second-order valence-electron chi connectivity index (χ2n) is 3.23. The van der Waals surface area contributed by atoms with E-state index in [0.717, 1.165) is 0 Å². The van der Waals surface area contributed by atoms with Crippen molar-refractivity contribution >= 4 is 5.97 Å². The number of aliphatic hydroxyl groups is 1. The smallest absolute Gasteiger partial charge is 0.302 e. The highest BCUT2D eigenvalue weighted by atomic mass is 16.5. The van der Waals surface area contributed by atoms with Gasteiger partial charge in [0.05, 0.1) is 25.9 Å². The molecule has 5 heteroatoms. The van der Waals surface area contributed by atoms with Gasteiger partial charge in [0.1, 0.15) is 6.10 Å². The number of hydrogen-bond acceptors (Lipinski definition) is 5. The molecule has 0 saturated carbocycles. The lowest BCUT2D eigenvalue weighted by Gasteiger charge is -2.13. The van der Waals surface area contributed by atoms with Gasteiger partial charge in [-0.05, 0) is 6.92 Å². The summed E-state index contributed by atoms with van der Waals surface area (Å²) in [5.74, 6) is -0.287. The minimum Gasteiger partial charge on any atom is -0.463 e. The van der Waals surface area contributed by atoms with Crippen LogP contribution in [0.15, 0.2) is 0 Å². The second-order valence-corrected chi connectivity index (χ2v) is 3.23. The molecule has 2 atom stereocenters. The molecular weight excluding hydrogens is 198 g/mol. The highest BCUT2D eigenvalue weighted by molar-refractivity contribution is 5.66. The zero-order chi connectivity index (χ0) is 11.0. The Kier molecular flexibility index (Phi) is 11.1. The number of hydrogen-bond donors (Lipinski definition) is 2. The monoisotopic (exact) mass is 221 g/mol. The quantitative estimate of drug-likeness (QED) is 0.477. The third-order valence-corrected chi connectivity index (χ3v) is 1.60. The summed E-state index contributed by atoms with van der Waals surface area (Å²) in [6, 6.07) is -0.334. The molecule has 0 aliphatic rings. The topological polar surface area (TPSA) is 81.8 Å². The molecule has 92 valence electrons. The molecular formula is C10H23NO4. The average Bonchev–Trinajstić information content (AvgIpc) is 2.10. The van der Waals surface area contributed by atoms with Crippen LogP contribution in [-0.4, -0.2) is 43.0 Å². The zero-order valence-electron chi connectivity index (χ0n) is 8.73. The number of esters is 1. The molecule has 15 heavy (non-hydrogen) atoms. The average molecular weight is 221 g/mol. The summed E-state index contributed by atoms with van der Waals surface area (Å²) < 4.78 is 10.0. The molecule has 0 aromatic carbocycles. The Morgan fingerprint density at radius 2 is 2.13 bits per heavy atom. The van der Waals surface area contributed by atoms with Gasteiger partial charge >= 0.3 is 5.97 Å². The number of nitrogens with two attached hydrogens (primary N) is 1. The lowest BCUT2D eigenvalue weighted by atomic mass is 10.3. The van der Waals surface area contributed by atoms with Crippen molar-refractivity contribution in [1.29, 1.82) is 0 Å². The number of ether oxygens (including phenoxy) is 2. The maximum Gasteiger partial charge on any atom is 0.302 e. The normalized spacial score (nSPS) is 13.9. The van der Waals surface area contributed by atoms with Crippen molar-refractivity contribution in [3.8, 4) is 0 Å². The summed E-state index contributed by atoms with van der Waals surface area (Å²) in [6.45, 7) is 3.89. The van der Waals surface area contributed by atoms with Crippen LogP contribution in [0.5, 0.6) is 0 Å². The van der Waals surface area contributed by atoms with E-state index in [4.69, 9.17) is 20.3 Å². The number of carbonyl (C=O) groups excluding carboxylic acids is 1. The van der Waals surface area contributed by atoms with E-state index >= 15 is 0 Å². The van der Waals surface area contributed by atoms with Crippen molar-refractivity contribution in [3.63, 3.8) is 0 Å². The van der Waals surface area contributed by atoms with Crippen molar-refractivity contribution in [1.82, 2.24) is 0 Å². The molecule has 0 spiro atoms. The molecule has 3 N–H and O–H groups in total. The van der Waals surface area contributed by atoms with Crippen LogP contribution in [0.4, 0.5) is 0 Å². The summed E-state index contributed by atoms with van der Waals surface area (Å²) >= 11 is 0. The molecule has 0 heterocycles. The van der Waals surface area contributed by atoms with Gasteiger partial charge in [0.25, 0.3) is 0 Å². The standard InChI is InChI=1S/C9H19NO4.CH4/c1-7(14-8(2)12)3-4-13-6-9(10)5-11;/h7,9,11H,3-6,10H2,1-2H3;1H4. The first-order chi connectivity index (χ1) is 6.56. The van der Waals surface area contributed by atoms with Gasteiger partial charge in [-0.15, -0.1) is 0 Å². The maximum absolute atomic E-state index is 10.5. The van der Waals surface area contributed by atoms with E-state index in [0.29, 0.717) is 19.6 Å². The van der Waals surface area contributed by atoms with Gasteiger partial charge < -0.3 is 20.3 Å². The molecule has 2 unspecified atom stereocenters. The Morgan fingerprint density at radius 1 is 1.53 bits per heavy atom. The predicted molar refractivity (Wildman–Crippen MR) is 58.5 cm³/mol. The van der Waals surface area contributed by atoms with E-state index in [1.54, 1.807) is 6.92 Å². The summed E-state index contributed by atoms with van der Waals surface area (Å²) in [5, 5.41) is 8.59. The highest BCUT2D eigenvalue weighted by Crippen LogP contribution is 1.98. The van der Waals surface area contributed by atoms with E-state index in [1.165, 1.54) is 6.92 Å². The van der Waals surface area contributed by atoms with Crippen LogP contribution >= 0.6 is 0 Å². The van der Waals surface area contributed by atoms with Crippen molar-refractivity contribution < 1.29 is 19.4 Å². The number of carbonyl (C=O) groups is 1. The summed E-state index contributed by atoms with van der Waals surface area (Å²) in [7, 11) is 0. The fourth-order valence-electron chi connectivity index (χ4n) is 0.879.